The van der Waals surface area contributed by atoms with Crippen molar-refractivity contribution in [2.45, 2.75) is 65.0 Å². The summed E-state index contributed by atoms with van der Waals surface area (Å²) in [7, 11) is 0. The van der Waals surface area contributed by atoms with Crippen LogP contribution in [0.4, 0.5) is 10.2 Å². The van der Waals surface area contributed by atoms with Crippen LogP contribution in [0.1, 0.15) is 67.7 Å². The molecular formula is C23H29FN4O. The first kappa shape index (κ1) is 19.8. The number of hydrogen-bond donors (Lipinski definition) is 0. The monoisotopic (exact) mass is 396 g/mol. The van der Waals surface area contributed by atoms with Gasteiger partial charge < -0.3 is 9.80 Å². The van der Waals surface area contributed by atoms with Crippen molar-refractivity contribution in [1.82, 2.24) is 14.9 Å². The zero-order chi connectivity index (χ0) is 20.4. The predicted molar refractivity (Wildman–Crippen MR) is 111 cm³/mol. The van der Waals surface area contributed by atoms with Gasteiger partial charge in [0.1, 0.15) is 11.6 Å². The number of aryl methyl sites for hydroxylation is 1. The second kappa shape index (κ2) is 8.47. The van der Waals surface area contributed by atoms with Gasteiger partial charge >= 0.3 is 0 Å². The Hall–Kier alpha value is -2.50. The van der Waals surface area contributed by atoms with Gasteiger partial charge in [-0.25, -0.2) is 14.4 Å². The summed E-state index contributed by atoms with van der Waals surface area (Å²) >= 11 is 0. The van der Waals surface area contributed by atoms with Crippen LogP contribution in [0.15, 0.2) is 24.3 Å². The van der Waals surface area contributed by atoms with Gasteiger partial charge in [-0.3, -0.25) is 4.79 Å². The molecule has 6 heteroatoms. The summed E-state index contributed by atoms with van der Waals surface area (Å²) < 4.78 is 13.7. The number of anilines is 1. The molecule has 1 fully saturated rings. The van der Waals surface area contributed by atoms with Gasteiger partial charge in [-0.2, -0.15) is 0 Å². The van der Waals surface area contributed by atoms with E-state index >= 15 is 0 Å². The second-order valence-electron chi connectivity index (χ2n) is 8.08. The van der Waals surface area contributed by atoms with Crippen molar-refractivity contribution in [3.8, 4) is 0 Å². The number of nitrogens with zero attached hydrogens (tertiary/aromatic N) is 4. The summed E-state index contributed by atoms with van der Waals surface area (Å²) in [6.45, 7) is 6.26. The number of likely N-dealkylation sites (tertiary alicyclic amines) is 1. The lowest BCUT2D eigenvalue weighted by Crippen LogP contribution is -2.39. The van der Waals surface area contributed by atoms with E-state index in [0.717, 1.165) is 68.1 Å². The molecule has 0 N–H and O–H groups in total. The topological polar surface area (TPSA) is 49.3 Å². The second-order valence-corrected chi connectivity index (χ2v) is 8.08. The molecule has 5 nitrogen and oxygen atoms in total. The van der Waals surface area contributed by atoms with Crippen LogP contribution in [0.5, 0.6) is 0 Å². The molecule has 2 aliphatic rings. The van der Waals surface area contributed by atoms with Crippen LogP contribution in [-0.2, 0) is 17.8 Å². The fourth-order valence-corrected chi connectivity index (χ4v) is 4.57. The maximum Gasteiger partial charge on any atom is 0.222 e. The molecule has 0 radical (unpaired) electrons. The SMILES string of the molecule is CCC(=O)N1CCCC[C@@H]1c1nc(C)c2c(n1)N(Cc1cccc(F)c1)CCC2. The van der Waals surface area contributed by atoms with Gasteiger partial charge in [0.15, 0.2) is 5.82 Å². The van der Waals surface area contributed by atoms with Gasteiger partial charge in [-0.15, -0.1) is 0 Å². The molecule has 4 rings (SSSR count). The molecule has 0 spiro atoms. The Morgan fingerprint density at radius 2 is 2.07 bits per heavy atom. The number of halogens is 1. The normalized spacial score (nSPS) is 19.2. The summed E-state index contributed by atoms with van der Waals surface area (Å²) in [6, 6.07) is 6.72. The van der Waals surface area contributed by atoms with Crippen molar-refractivity contribution in [2.75, 3.05) is 18.0 Å². The van der Waals surface area contributed by atoms with E-state index < -0.39 is 0 Å². The number of hydrogen-bond acceptors (Lipinski definition) is 4. The zero-order valence-corrected chi connectivity index (χ0v) is 17.3. The first-order valence-electron chi connectivity index (χ1n) is 10.7. The predicted octanol–water partition coefficient (Wildman–Crippen LogP) is 4.34. The summed E-state index contributed by atoms with van der Waals surface area (Å²) in [5, 5.41) is 0. The number of amides is 1. The summed E-state index contributed by atoms with van der Waals surface area (Å²) in [5.41, 5.74) is 3.13. The fraction of sp³-hybridized carbons (Fsp3) is 0.522. The van der Waals surface area contributed by atoms with Crippen LogP contribution >= 0.6 is 0 Å². The number of aromatic nitrogens is 2. The lowest BCUT2D eigenvalue weighted by atomic mass is 9.99. The molecule has 1 amide bonds. The highest BCUT2D eigenvalue weighted by molar-refractivity contribution is 5.76. The van der Waals surface area contributed by atoms with Crippen molar-refractivity contribution in [2.24, 2.45) is 0 Å². The van der Waals surface area contributed by atoms with Crippen molar-refractivity contribution >= 4 is 11.7 Å². The van der Waals surface area contributed by atoms with Crippen LogP contribution in [0.25, 0.3) is 0 Å². The van der Waals surface area contributed by atoms with Gasteiger partial charge in [0.2, 0.25) is 5.91 Å². The van der Waals surface area contributed by atoms with Gasteiger partial charge in [0.25, 0.3) is 0 Å². The van der Waals surface area contributed by atoms with Crippen LogP contribution in [0.2, 0.25) is 0 Å². The molecule has 2 aliphatic heterocycles. The average molecular weight is 397 g/mol. The van der Waals surface area contributed by atoms with E-state index in [1.54, 1.807) is 12.1 Å². The molecule has 2 aromatic rings. The molecule has 1 aromatic heterocycles. The van der Waals surface area contributed by atoms with E-state index in [1.807, 2.05) is 24.8 Å². The van der Waals surface area contributed by atoms with Gasteiger partial charge in [0.05, 0.1) is 6.04 Å². The molecule has 0 aliphatic carbocycles. The number of carbonyl (C=O) groups is 1. The van der Waals surface area contributed by atoms with Crippen molar-refractivity contribution in [3.63, 3.8) is 0 Å². The molecule has 1 aromatic carbocycles. The minimum Gasteiger partial charge on any atom is -0.352 e. The first-order valence-corrected chi connectivity index (χ1v) is 10.7. The number of piperidine rings is 1. The number of rotatable bonds is 4. The molecule has 1 atom stereocenters. The fourth-order valence-electron chi connectivity index (χ4n) is 4.57. The van der Waals surface area contributed by atoms with E-state index in [2.05, 4.69) is 4.90 Å². The minimum absolute atomic E-state index is 0.0434. The third-order valence-electron chi connectivity index (χ3n) is 6.05. The van der Waals surface area contributed by atoms with Crippen LogP contribution in [-0.4, -0.2) is 33.9 Å². The molecule has 29 heavy (non-hydrogen) atoms. The van der Waals surface area contributed by atoms with Gasteiger partial charge in [0, 0.05) is 37.3 Å². The molecule has 0 unspecified atom stereocenters. The highest BCUT2D eigenvalue weighted by Crippen LogP contribution is 2.34. The van der Waals surface area contributed by atoms with Gasteiger partial charge in [-0.1, -0.05) is 19.1 Å². The van der Waals surface area contributed by atoms with E-state index in [1.165, 1.54) is 11.6 Å². The van der Waals surface area contributed by atoms with E-state index in [0.29, 0.717) is 13.0 Å². The third kappa shape index (κ3) is 4.11. The summed E-state index contributed by atoms with van der Waals surface area (Å²) in [4.78, 5) is 26.5. The molecular weight excluding hydrogens is 367 g/mol. The Kier molecular flexibility index (Phi) is 5.79. The number of benzene rings is 1. The minimum atomic E-state index is -0.213. The Morgan fingerprint density at radius 1 is 1.21 bits per heavy atom. The lowest BCUT2D eigenvalue weighted by molar-refractivity contribution is -0.134. The summed E-state index contributed by atoms with van der Waals surface area (Å²) in [6.07, 6.45) is 5.54. The van der Waals surface area contributed by atoms with Crippen molar-refractivity contribution in [1.29, 1.82) is 0 Å². The first-order chi connectivity index (χ1) is 14.1. The molecule has 1 saturated heterocycles. The molecule has 0 bridgehead atoms. The van der Waals surface area contributed by atoms with Crippen LogP contribution < -0.4 is 4.90 Å². The highest BCUT2D eigenvalue weighted by Gasteiger charge is 2.31. The largest absolute Gasteiger partial charge is 0.352 e. The smallest absolute Gasteiger partial charge is 0.222 e. The highest BCUT2D eigenvalue weighted by atomic mass is 19.1. The number of fused-ring (bicyclic) bond motifs is 1. The van der Waals surface area contributed by atoms with Crippen molar-refractivity contribution < 1.29 is 9.18 Å². The summed E-state index contributed by atoms with van der Waals surface area (Å²) in [5.74, 6) is 1.67. The lowest BCUT2D eigenvalue weighted by Gasteiger charge is -2.36. The third-order valence-corrected chi connectivity index (χ3v) is 6.05. The van der Waals surface area contributed by atoms with Crippen LogP contribution in [0, 0.1) is 12.7 Å². The average Bonchev–Trinajstić information content (AvgIpc) is 2.73. The van der Waals surface area contributed by atoms with Crippen molar-refractivity contribution in [3.05, 3.63) is 52.7 Å². The Bertz CT molecular complexity index is 900. The zero-order valence-electron chi connectivity index (χ0n) is 17.3. The van der Waals surface area contributed by atoms with E-state index in [-0.39, 0.29) is 17.8 Å². The Labute approximate surface area is 172 Å². The van der Waals surface area contributed by atoms with Gasteiger partial charge in [-0.05, 0) is 56.7 Å². The van der Waals surface area contributed by atoms with Crippen LogP contribution in [0.3, 0.4) is 0 Å². The van der Waals surface area contributed by atoms with E-state index in [4.69, 9.17) is 9.97 Å². The quantitative estimate of drug-likeness (QED) is 0.771. The van der Waals surface area contributed by atoms with E-state index in [9.17, 15) is 9.18 Å². The standard InChI is InChI=1S/C23H29FN4O/c1-3-21(29)28-13-5-4-11-20(28)22-25-16(2)19-10-7-12-27(23(19)26-22)15-17-8-6-9-18(24)14-17/h6,8-9,14,20H,3-5,7,10-13,15H2,1-2H3/t20-/m1/s1. The molecule has 154 valence electrons. The Morgan fingerprint density at radius 3 is 2.86 bits per heavy atom. The number of carbonyl (C=O) groups excluding carboxylic acids is 1. The molecule has 0 saturated carbocycles. The Balaban J connectivity index is 1.68. The maximum absolute atomic E-state index is 13.7. The molecule has 3 heterocycles. The maximum atomic E-state index is 13.7.